The lowest BCUT2D eigenvalue weighted by atomic mass is 10.0. The van der Waals surface area contributed by atoms with Crippen molar-refractivity contribution in [1.82, 2.24) is 9.97 Å². The Balaban J connectivity index is 2.19. The summed E-state index contributed by atoms with van der Waals surface area (Å²) in [5.74, 6) is 0.585. The predicted octanol–water partition coefficient (Wildman–Crippen LogP) is 1.73. The van der Waals surface area contributed by atoms with Crippen molar-refractivity contribution >= 4 is 17.4 Å². The average Bonchev–Trinajstić information content (AvgIpc) is 2.68. The Hall–Kier alpha value is -1.07. The minimum atomic E-state index is -0.122. The Morgan fingerprint density at radius 2 is 2.44 bits per heavy atom. The summed E-state index contributed by atoms with van der Waals surface area (Å²) in [4.78, 5) is 8.09. The number of nitrogens with one attached hydrogen (secondary N) is 1. The molecule has 1 aromatic rings. The van der Waals surface area contributed by atoms with Crippen molar-refractivity contribution in [3.63, 3.8) is 0 Å². The van der Waals surface area contributed by atoms with E-state index in [-0.39, 0.29) is 5.54 Å². The van der Waals surface area contributed by atoms with Crippen LogP contribution in [0.2, 0.25) is 5.02 Å². The van der Waals surface area contributed by atoms with E-state index in [1.165, 1.54) is 13.3 Å². The van der Waals surface area contributed by atoms with Crippen LogP contribution in [0.5, 0.6) is 6.01 Å². The third kappa shape index (κ3) is 2.36. The molecule has 88 valence electrons. The molecule has 2 rings (SSSR count). The molecule has 1 atom stereocenters. The van der Waals surface area contributed by atoms with Gasteiger partial charge in [0.1, 0.15) is 5.02 Å². The van der Waals surface area contributed by atoms with Crippen molar-refractivity contribution in [1.29, 1.82) is 0 Å². The molecule has 0 bridgehead atoms. The van der Waals surface area contributed by atoms with Gasteiger partial charge in [0, 0.05) is 6.61 Å². The van der Waals surface area contributed by atoms with Gasteiger partial charge in [0.2, 0.25) is 0 Å². The SMILES string of the molecule is COc1ncc(Cl)c(NC2(C)CCOC2)n1. The van der Waals surface area contributed by atoms with Crippen molar-refractivity contribution in [3.8, 4) is 6.01 Å². The number of halogens is 1. The van der Waals surface area contributed by atoms with E-state index in [4.69, 9.17) is 21.1 Å². The molecule has 16 heavy (non-hydrogen) atoms. The molecule has 1 aliphatic rings. The summed E-state index contributed by atoms with van der Waals surface area (Å²) in [5.41, 5.74) is -0.122. The average molecular weight is 244 g/mol. The molecule has 2 heterocycles. The van der Waals surface area contributed by atoms with Gasteiger partial charge >= 0.3 is 6.01 Å². The lowest BCUT2D eigenvalue weighted by Gasteiger charge is -2.24. The van der Waals surface area contributed by atoms with E-state index in [1.54, 1.807) is 0 Å². The van der Waals surface area contributed by atoms with Crippen LogP contribution in [0.25, 0.3) is 0 Å². The van der Waals surface area contributed by atoms with Crippen LogP contribution < -0.4 is 10.1 Å². The molecule has 0 aromatic carbocycles. The lowest BCUT2D eigenvalue weighted by Crippen LogP contribution is -2.35. The van der Waals surface area contributed by atoms with Gasteiger partial charge in [-0.15, -0.1) is 0 Å². The number of ether oxygens (including phenoxy) is 2. The zero-order valence-electron chi connectivity index (χ0n) is 9.29. The van der Waals surface area contributed by atoms with Gasteiger partial charge in [-0.1, -0.05) is 11.6 Å². The molecule has 0 amide bonds. The molecule has 6 heteroatoms. The van der Waals surface area contributed by atoms with Crippen molar-refractivity contribution in [2.24, 2.45) is 0 Å². The zero-order chi connectivity index (χ0) is 11.6. The van der Waals surface area contributed by atoms with Crippen molar-refractivity contribution in [3.05, 3.63) is 11.2 Å². The summed E-state index contributed by atoms with van der Waals surface area (Å²) in [7, 11) is 1.52. The molecule has 1 unspecified atom stereocenters. The van der Waals surface area contributed by atoms with Crippen LogP contribution >= 0.6 is 11.6 Å². The van der Waals surface area contributed by atoms with Crippen LogP contribution in [0.3, 0.4) is 0 Å². The highest BCUT2D eigenvalue weighted by Crippen LogP contribution is 2.27. The highest BCUT2D eigenvalue weighted by molar-refractivity contribution is 6.32. The van der Waals surface area contributed by atoms with E-state index >= 15 is 0 Å². The lowest BCUT2D eigenvalue weighted by molar-refractivity contribution is 0.185. The maximum atomic E-state index is 6.01. The zero-order valence-corrected chi connectivity index (χ0v) is 10.0. The first-order chi connectivity index (χ1) is 7.63. The number of aromatic nitrogens is 2. The van der Waals surface area contributed by atoms with Crippen LogP contribution in [-0.4, -0.2) is 35.8 Å². The fourth-order valence-corrected chi connectivity index (χ4v) is 1.73. The third-order valence-electron chi connectivity index (χ3n) is 2.54. The van der Waals surface area contributed by atoms with Crippen LogP contribution in [0.15, 0.2) is 6.20 Å². The second kappa shape index (κ2) is 4.43. The minimum absolute atomic E-state index is 0.122. The predicted molar refractivity (Wildman–Crippen MR) is 61.1 cm³/mol. The summed E-state index contributed by atoms with van der Waals surface area (Å²) in [6.45, 7) is 3.48. The van der Waals surface area contributed by atoms with Gasteiger partial charge in [0.25, 0.3) is 0 Å². The molecule has 1 N–H and O–H groups in total. The Labute approximate surface area is 99.1 Å². The number of hydrogen-bond acceptors (Lipinski definition) is 5. The molecule has 0 radical (unpaired) electrons. The normalized spacial score (nSPS) is 24.4. The molecule has 1 saturated heterocycles. The monoisotopic (exact) mass is 243 g/mol. The van der Waals surface area contributed by atoms with E-state index in [2.05, 4.69) is 22.2 Å². The molecule has 5 nitrogen and oxygen atoms in total. The largest absolute Gasteiger partial charge is 0.467 e. The first-order valence-electron chi connectivity index (χ1n) is 5.05. The highest BCUT2D eigenvalue weighted by Gasteiger charge is 2.30. The summed E-state index contributed by atoms with van der Waals surface area (Å²) in [6.07, 6.45) is 2.45. The maximum absolute atomic E-state index is 6.01. The van der Waals surface area contributed by atoms with E-state index in [0.717, 1.165) is 13.0 Å². The molecule has 0 spiro atoms. The van der Waals surface area contributed by atoms with E-state index in [1.807, 2.05) is 0 Å². The minimum Gasteiger partial charge on any atom is -0.467 e. The summed E-state index contributed by atoms with van der Waals surface area (Å²) < 4.78 is 10.3. The quantitative estimate of drug-likeness (QED) is 0.876. The van der Waals surface area contributed by atoms with Crippen molar-refractivity contribution in [2.75, 3.05) is 25.6 Å². The van der Waals surface area contributed by atoms with Gasteiger partial charge in [-0.3, -0.25) is 0 Å². The first kappa shape index (κ1) is 11.4. The van der Waals surface area contributed by atoms with E-state index in [0.29, 0.717) is 23.5 Å². The number of methoxy groups -OCH3 is 1. The summed E-state index contributed by atoms with van der Waals surface area (Å²) in [6, 6.07) is 0.300. The van der Waals surface area contributed by atoms with Gasteiger partial charge in [-0.2, -0.15) is 4.98 Å². The third-order valence-corrected chi connectivity index (χ3v) is 2.82. The fraction of sp³-hybridized carbons (Fsp3) is 0.600. The molecular weight excluding hydrogens is 230 g/mol. The molecule has 0 aliphatic carbocycles. The maximum Gasteiger partial charge on any atom is 0.318 e. The molecular formula is C10H14ClN3O2. The fourth-order valence-electron chi connectivity index (χ4n) is 1.59. The van der Waals surface area contributed by atoms with E-state index in [9.17, 15) is 0 Å². The van der Waals surface area contributed by atoms with Crippen LogP contribution in [-0.2, 0) is 4.74 Å². The number of rotatable bonds is 3. The second-order valence-electron chi connectivity index (χ2n) is 4.04. The smallest absolute Gasteiger partial charge is 0.318 e. The van der Waals surface area contributed by atoms with Crippen LogP contribution in [0, 0.1) is 0 Å². The van der Waals surface area contributed by atoms with E-state index < -0.39 is 0 Å². The number of nitrogens with zero attached hydrogens (tertiary/aromatic N) is 2. The van der Waals surface area contributed by atoms with Gasteiger partial charge in [-0.25, -0.2) is 4.98 Å². The van der Waals surface area contributed by atoms with Gasteiger partial charge in [0.15, 0.2) is 5.82 Å². The van der Waals surface area contributed by atoms with Crippen molar-refractivity contribution in [2.45, 2.75) is 18.9 Å². The Morgan fingerprint density at radius 1 is 1.62 bits per heavy atom. The van der Waals surface area contributed by atoms with Gasteiger partial charge in [0.05, 0.1) is 25.5 Å². The Bertz CT molecular complexity index is 380. The van der Waals surface area contributed by atoms with Crippen molar-refractivity contribution < 1.29 is 9.47 Å². The Kier molecular flexibility index (Phi) is 3.16. The summed E-state index contributed by atoms with van der Waals surface area (Å²) in [5, 5.41) is 3.75. The van der Waals surface area contributed by atoms with Gasteiger partial charge in [-0.05, 0) is 13.3 Å². The molecule has 0 saturated carbocycles. The van der Waals surface area contributed by atoms with Crippen LogP contribution in [0.4, 0.5) is 5.82 Å². The van der Waals surface area contributed by atoms with Crippen LogP contribution in [0.1, 0.15) is 13.3 Å². The topological polar surface area (TPSA) is 56.3 Å². The summed E-state index contributed by atoms with van der Waals surface area (Å²) >= 11 is 6.01. The number of anilines is 1. The first-order valence-corrected chi connectivity index (χ1v) is 5.43. The molecule has 1 aliphatic heterocycles. The second-order valence-corrected chi connectivity index (χ2v) is 4.45. The number of hydrogen-bond donors (Lipinski definition) is 1. The standard InChI is InChI=1S/C10H14ClN3O2/c1-10(3-4-16-6-10)14-8-7(11)5-12-9(13-8)15-2/h5H,3-4,6H2,1-2H3,(H,12,13,14). The van der Waals surface area contributed by atoms with Gasteiger partial charge < -0.3 is 14.8 Å². The Morgan fingerprint density at radius 3 is 3.06 bits per heavy atom. The molecule has 1 aromatic heterocycles. The molecule has 1 fully saturated rings. The highest BCUT2D eigenvalue weighted by atomic mass is 35.5.